The third-order valence-corrected chi connectivity index (χ3v) is 9.21. The minimum Gasteiger partial charge on any atom is -0.457 e. The summed E-state index contributed by atoms with van der Waals surface area (Å²) < 4.78 is 19.1. The highest BCUT2D eigenvalue weighted by molar-refractivity contribution is 5.98. The molecule has 1 saturated carbocycles. The molecular formula is C29H36O6. The Labute approximate surface area is 206 Å². The summed E-state index contributed by atoms with van der Waals surface area (Å²) in [6.45, 7) is 9.73. The van der Waals surface area contributed by atoms with Crippen LogP contribution in [0.2, 0.25) is 0 Å². The molecule has 0 radical (unpaired) electrons. The Kier molecular flexibility index (Phi) is 5.96. The van der Waals surface area contributed by atoms with Crippen LogP contribution in [0.25, 0.3) is 10.8 Å². The maximum atomic E-state index is 13.7. The van der Waals surface area contributed by atoms with Crippen LogP contribution >= 0.6 is 0 Å². The van der Waals surface area contributed by atoms with Crippen molar-refractivity contribution >= 4 is 22.7 Å². The van der Waals surface area contributed by atoms with Gasteiger partial charge in [0.1, 0.15) is 30.0 Å². The largest absolute Gasteiger partial charge is 0.457 e. The van der Waals surface area contributed by atoms with Gasteiger partial charge in [-0.25, -0.2) is 9.59 Å². The first-order chi connectivity index (χ1) is 16.6. The molecule has 6 nitrogen and oxygen atoms in total. The van der Waals surface area contributed by atoms with E-state index in [4.69, 9.17) is 14.2 Å². The molecule has 1 unspecified atom stereocenters. The zero-order valence-electron chi connectivity index (χ0n) is 21.2. The lowest BCUT2D eigenvalue weighted by Crippen LogP contribution is -2.62. The van der Waals surface area contributed by atoms with Crippen LogP contribution in [0.3, 0.4) is 0 Å². The van der Waals surface area contributed by atoms with Crippen LogP contribution in [0, 0.1) is 30.6 Å². The molecule has 1 N–H and O–H groups in total. The van der Waals surface area contributed by atoms with Gasteiger partial charge in [-0.3, -0.25) is 0 Å². The van der Waals surface area contributed by atoms with Crippen LogP contribution in [0.4, 0.5) is 0 Å². The number of aliphatic hydroxyl groups is 1. The lowest BCUT2D eigenvalue weighted by Gasteiger charge is -2.53. The van der Waals surface area contributed by atoms with Gasteiger partial charge in [-0.1, -0.05) is 51.1 Å². The number of hydrogen-bond acceptors (Lipinski definition) is 6. The topological polar surface area (TPSA) is 82.1 Å². The van der Waals surface area contributed by atoms with E-state index in [-0.39, 0.29) is 23.7 Å². The molecule has 3 aliphatic rings. The predicted molar refractivity (Wildman–Crippen MR) is 132 cm³/mol. The second kappa shape index (κ2) is 8.59. The second-order valence-electron chi connectivity index (χ2n) is 11.3. The zero-order chi connectivity index (χ0) is 25.1. The summed E-state index contributed by atoms with van der Waals surface area (Å²) in [6.07, 6.45) is 1.43. The van der Waals surface area contributed by atoms with Gasteiger partial charge in [0.2, 0.25) is 0 Å². The average molecular weight is 481 g/mol. The zero-order valence-corrected chi connectivity index (χ0v) is 21.2. The number of hydrogen-bond donors (Lipinski definition) is 1. The van der Waals surface area contributed by atoms with E-state index < -0.39 is 36.0 Å². The number of aliphatic hydroxyl groups excluding tert-OH is 1. The fourth-order valence-corrected chi connectivity index (χ4v) is 7.27. The molecule has 1 aliphatic carbocycles. The Bertz CT molecular complexity index is 1160. The average Bonchev–Trinajstić information content (AvgIpc) is 3.35. The number of benzene rings is 2. The van der Waals surface area contributed by atoms with E-state index in [1.54, 1.807) is 0 Å². The van der Waals surface area contributed by atoms with Crippen molar-refractivity contribution in [2.75, 3.05) is 6.61 Å². The number of rotatable bonds is 5. The van der Waals surface area contributed by atoms with Crippen LogP contribution in [0.15, 0.2) is 36.4 Å². The first-order valence-corrected chi connectivity index (χ1v) is 12.8. The summed E-state index contributed by atoms with van der Waals surface area (Å²) in [4.78, 5) is 25.8. The van der Waals surface area contributed by atoms with Crippen molar-refractivity contribution < 1.29 is 28.9 Å². The smallest absolute Gasteiger partial charge is 0.338 e. The third-order valence-electron chi connectivity index (χ3n) is 9.21. The molecule has 5 rings (SSSR count). The van der Waals surface area contributed by atoms with Crippen molar-refractivity contribution in [3.05, 3.63) is 47.5 Å². The number of carbonyl (C=O) groups is 2. The van der Waals surface area contributed by atoms with Crippen molar-refractivity contribution in [3.63, 3.8) is 0 Å². The number of ether oxygens (including phenoxy) is 3. The van der Waals surface area contributed by atoms with Gasteiger partial charge in [-0.2, -0.15) is 0 Å². The molecule has 2 bridgehead atoms. The normalized spacial score (nSPS) is 35.8. The molecule has 6 heteroatoms. The van der Waals surface area contributed by atoms with Crippen molar-refractivity contribution in [3.8, 4) is 0 Å². The summed E-state index contributed by atoms with van der Waals surface area (Å²) in [6, 6.07) is 11.9. The Morgan fingerprint density at radius 2 is 1.89 bits per heavy atom. The SMILES string of the molecule is Cc1c(C(=O)O[C@H]2[C@@H]3[C@H](C)CC[C@H]3C3(C)O[C@@]2(C(C)C)C[C@H]3OC(=O)CO)ccc2ccccc12. The van der Waals surface area contributed by atoms with Crippen molar-refractivity contribution in [2.24, 2.45) is 23.7 Å². The number of carbonyl (C=O) groups excluding carboxylic acids is 2. The molecule has 0 amide bonds. The van der Waals surface area contributed by atoms with Gasteiger partial charge in [0, 0.05) is 12.3 Å². The van der Waals surface area contributed by atoms with E-state index in [2.05, 4.69) is 20.8 Å². The lowest BCUT2D eigenvalue weighted by atomic mass is 9.69. The minimum absolute atomic E-state index is 0.0314. The van der Waals surface area contributed by atoms with Crippen LogP contribution in [0.5, 0.6) is 0 Å². The van der Waals surface area contributed by atoms with Crippen LogP contribution < -0.4 is 0 Å². The molecule has 2 heterocycles. The summed E-state index contributed by atoms with van der Waals surface area (Å²) >= 11 is 0. The first-order valence-electron chi connectivity index (χ1n) is 12.8. The van der Waals surface area contributed by atoms with Gasteiger partial charge in [-0.15, -0.1) is 0 Å². The molecule has 0 spiro atoms. The maximum absolute atomic E-state index is 13.7. The van der Waals surface area contributed by atoms with Gasteiger partial charge in [0.15, 0.2) is 0 Å². The van der Waals surface area contributed by atoms with Crippen LogP contribution in [0.1, 0.15) is 62.9 Å². The maximum Gasteiger partial charge on any atom is 0.338 e. The molecule has 35 heavy (non-hydrogen) atoms. The summed E-state index contributed by atoms with van der Waals surface area (Å²) in [5.41, 5.74) is 0.0339. The predicted octanol–water partition coefficient (Wildman–Crippen LogP) is 4.83. The van der Waals surface area contributed by atoms with Gasteiger partial charge in [0.05, 0.1) is 5.56 Å². The molecule has 2 aliphatic heterocycles. The molecular weight excluding hydrogens is 444 g/mol. The molecule has 7 atom stereocenters. The second-order valence-corrected chi connectivity index (χ2v) is 11.3. The Morgan fingerprint density at radius 1 is 1.14 bits per heavy atom. The Hall–Kier alpha value is -2.44. The molecule has 2 aromatic carbocycles. The van der Waals surface area contributed by atoms with Crippen molar-refractivity contribution in [1.29, 1.82) is 0 Å². The highest BCUT2D eigenvalue weighted by atomic mass is 16.6. The monoisotopic (exact) mass is 480 g/mol. The molecule has 188 valence electrons. The third kappa shape index (κ3) is 3.60. The summed E-state index contributed by atoms with van der Waals surface area (Å²) in [5.74, 6) is -0.390. The van der Waals surface area contributed by atoms with E-state index in [9.17, 15) is 14.7 Å². The Balaban J connectivity index is 1.54. The van der Waals surface area contributed by atoms with Crippen molar-refractivity contribution in [2.45, 2.75) is 77.3 Å². The van der Waals surface area contributed by atoms with E-state index in [1.807, 2.05) is 50.2 Å². The Morgan fingerprint density at radius 3 is 2.60 bits per heavy atom. The summed E-state index contributed by atoms with van der Waals surface area (Å²) in [5, 5.41) is 11.5. The van der Waals surface area contributed by atoms with Crippen LogP contribution in [-0.2, 0) is 19.0 Å². The molecule has 2 aromatic rings. The minimum atomic E-state index is -0.769. The number of fused-ring (bicyclic) bond motifs is 5. The molecule has 3 fully saturated rings. The standard InChI is InChI=1S/C29H36O6/c1-16(2)29-14-23(33-24(31)15-30)28(5,35-29)22-13-10-17(3)25(22)26(29)34-27(32)21-12-11-19-8-6-7-9-20(19)18(21)4/h6-9,11-12,16-17,22-23,25-26,30H,10,13-15H2,1-5H3/t17-,22-,23-,25-,26+,28?,29-/m1/s1. The highest BCUT2D eigenvalue weighted by Gasteiger charge is 2.72. The van der Waals surface area contributed by atoms with Gasteiger partial charge in [0.25, 0.3) is 0 Å². The van der Waals surface area contributed by atoms with Gasteiger partial charge < -0.3 is 19.3 Å². The van der Waals surface area contributed by atoms with E-state index in [0.717, 1.165) is 29.2 Å². The van der Waals surface area contributed by atoms with E-state index in [1.165, 1.54) is 0 Å². The van der Waals surface area contributed by atoms with E-state index in [0.29, 0.717) is 17.9 Å². The van der Waals surface area contributed by atoms with E-state index >= 15 is 0 Å². The van der Waals surface area contributed by atoms with Gasteiger partial charge in [-0.05, 0) is 66.8 Å². The van der Waals surface area contributed by atoms with Gasteiger partial charge >= 0.3 is 11.9 Å². The fraction of sp³-hybridized carbons (Fsp3) is 0.586. The highest BCUT2D eigenvalue weighted by Crippen LogP contribution is 2.63. The molecule has 0 aromatic heterocycles. The summed E-state index contributed by atoms with van der Waals surface area (Å²) in [7, 11) is 0. The van der Waals surface area contributed by atoms with Crippen molar-refractivity contribution in [1.82, 2.24) is 0 Å². The quantitative estimate of drug-likeness (QED) is 0.618. The number of aryl methyl sites for hydroxylation is 1. The van der Waals surface area contributed by atoms with Crippen LogP contribution in [-0.4, -0.2) is 47.1 Å². The fourth-order valence-electron chi connectivity index (χ4n) is 7.27. The lowest BCUT2D eigenvalue weighted by molar-refractivity contribution is -0.259. The first kappa shape index (κ1) is 24.3. The molecule has 2 saturated heterocycles. The number of esters is 2.